The first-order valence-electron chi connectivity index (χ1n) is 4.92. The standard InChI is InChI=1S/C13H9N3O/c1-17-8-2-4-9-10(5-3-8)12(7-15)13(16)11(9)6-14/h2-5H,16H2,1H3. The van der Waals surface area contributed by atoms with Crippen molar-refractivity contribution in [3.63, 3.8) is 0 Å². The van der Waals surface area contributed by atoms with Crippen LogP contribution in [-0.4, -0.2) is 7.11 Å². The van der Waals surface area contributed by atoms with Crippen LogP contribution in [0.15, 0.2) is 24.3 Å². The Balaban J connectivity index is 2.85. The van der Waals surface area contributed by atoms with Crippen molar-refractivity contribution in [1.29, 1.82) is 10.5 Å². The van der Waals surface area contributed by atoms with Crippen LogP contribution in [-0.2, 0) is 0 Å². The van der Waals surface area contributed by atoms with E-state index >= 15 is 0 Å². The van der Waals surface area contributed by atoms with E-state index in [-0.39, 0.29) is 5.69 Å². The lowest BCUT2D eigenvalue weighted by atomic mass is 10.1. The van der Waals surface area contributed by atoms with Crippen molar-refractivity contribution in [2.24, 2.45) is 0 Å². The van der Waals surface area contributed by atoms with E-state index in [1.54, 1.807) is 31.4 Å². The third kappa shape index (κ3) is 1.53. The van der Waals surface area contributed by atoms with Gasteiger partial charge in [-0.15, -0.1) is 0 Å². The molecule has 0 aliphatic heterocycles. The van der Waals surface area contributed by atoms with Crippen molar-refractivity contribution in [2.75, 3.05) is 12.8 Å². The molecule has 2 N–H and O–H groups in total. The van der Waals surface area contributed by atoms with E-state index in [2.05, 4.69) is 0 Å². The van der Waals surface area contributed by atoms with Crippen molar-refractivity contribution < 1.29 is 4.74 Å². The molecule has 0 saturated heterocycles. The topological polar surface area (TPSA) is 82.8 Å². The molecule has 82 valence electrons. The number of fused-ring (bicyclic) bond motifs is 1. The maximum atomic E-state index is 9.06. The van der Waals surface area contributed by atoms with Gasteiger partial charge in [0.25, 0.3) is 0 Å². The summed E-state index contributed by atoms with van der Waals surface area (Å²) in [7, 11) is 1.56. The molecule has 4 nitrogen and oxygen atoms in total. The summed E-state index contributed by atoms with van der Waals surface area (Å²) in [4.78, 5) is 0. The van der Waals surface area contributed by atoms with Gasteiger partial charge in [-0.2, -0.15) is 10.5 Å². The lowest BCUT2D eigenvalue weighted by molar-refractivity contribution is 0.415. The van der Waals surface area contributed by atoms with Gasteiger partial charge >= 0.3 is 0 Å². The van der Waals surface area contributed by atoms with Crippen LogP contribution in [0.3, 0.4) is 0 Å². The summed E-state index contributed by atoms with van der Waals surface area (Å²) in [5, 5.41) is 18.1. The second-order valence-electron chi connectivity index (χ2n) is 3.49. The number of rotatable bonds is 1. The fourth-order valence-electron chi connectivity index (χ4n) is 1.79. The highest BCUT2D eigenvalue weighted by atomic mass is 16.5. The summed E-state index contributed by atoms with van der Waals surface area (Å²) in [5.41, 5.74) is 8.04. The first-order valence-corrected chi connectivity index (χ1v) is 4.92. The van der Waals surface area contributed by atoms with Crippen molar-refractivity contribution >= 4 is 5.69 Å². The number of hydrogen-bond acceptors (Lipinski definition) is 4. The lowest BCUT2D eigenvalue weighted by Crippen LogP contribution is -1.87. The summed E-state index contributed by atoms with van der Waals surface area (Å²) in [6.45, 7) is 0. The number of hydrogen-bond donors (Lipinski definition) is 1. The molecule has 0 saturated carbocycles. The minimum Gasteiger partial charge on any atom is -0.497 e. The molecule has 0 unspecified atom stereocenters. The normalized spacial score (nSPS) is 9.59. The van der Waals surface area contributed by atoms with Crippen LogP contribution in [0.25, 0.3) is 11.1 Å². The van der Waals surface area contributed by atoms with E-state index in [4.69, 9.17) is 21.0 Å². The van der Waals surface area contributed by atoms with Gasteiger partial charge in [-0.05, 0) is 24.3 Å². The molecule has 0 amide bonds. The fourth-order valence-corrected chi connectivity index (χ4v) is 1.79. The van der Waals surface area contributed by atoms with E-state index in [0.29, 0.717) is 28.0 Å². The maximum Gasteiger partial charge on any atom is 0.118 e. The molecule has 0 spiro atoms. The van der Waals surface area contributed by atoms with Gasteiger partial charge < -0.3 is 10.5 Å². The molecule has 0 fully saturated rings. The van der Waals surface area contributed by atoms with Gasteiger partial charge in [-0.25, -0.2) is 0 Å². The Labute approximate surface area is 98.8 Å². The molecule has 4 heteroatoms. The minimum atomic E-state index is 0.246. The number of nitrogen functional groups attached to an aromatic ring is 1. The summed E-state index contributed by atoms with van der Waals surface area (Å²) < 4.78 is 5.09. The van der Waals surface area contributed by atoms with E-state index in [1.165, 1.54) is 0 Å². The summed E-state index contributed by atoms with van der Waals surface area (Å²) in [5.74, 6) is 0.660. The Bertz CT molecular complexity index is 583. The van der Waals surface area contributed by atoms with Crippen molar-refractivity contribution in [3.05, 3.63) is 35.4 Å². The molecule has 0 aromatic rings. The lowest BCUT2D eigenvalue weighted by Gasteiger charge is -1.91. The van der Waals surface area contributed by atoms with Crippen LogP contribution in [0.2, 0.25) is 0 Å². The van der Waals surface area contributed by atoms with E-state index in [1.807, 2.05) is 12.1 Å². The van der Waals surface area contributed by atoms with Gasteiger partial charge in [-0.1, -0.05) is 0 Å². The molecule has 0 bridgehead atoms. The molecule has 17 heavy (non-hydrogen) atoms. The molecule has 0 heterocycles. The van der Waals surface area contributed by atoms with E-state index in [0.717, 1.165) is 0 Å². The van der Waals surface area contributed by atoms with Crippen LogP contribution >= 0.6 is 0 Å². The van der Waals surface area contributed by atoms with E-state index < -0.39 is 0 Å². The monoisotopic (exact) mass is 223 g/mol. The number of ether oxygens (including phenoxy) is 1. The second kappa shape index (κ2) is 4.03. The number of nitriles is 2. The average molecular weight is 223 g/mol. The third-order valence-corrected chi connectivity index (χ3v) is 2.66. The molecular formula is C13H9N3O. The summed E-state index contributed by atoms with van der Waals surface area (Å²) in [6.07, 6.45) is 0. The van der Waals surface area contributed by atoms with Crippen molar-refractivity contribution in [2.45, 2.75) is 0 Å². The predicted molar refractivity (Wildman–Crippen MR) is 63.5 cm³/mol. The van der Waals surface area contributed by atoms with Gasteiger partial charge in [0.15, 0.2) is 0 Å². The largest absolute Gasteiger partial charge is 0.497 e. The Hall–Kier alpha value is -2.72. The summed E-state index contributed by atoms with van der Waals surface area (Å²) >= 11 is 0. The van der Waals surface area contributed by atoms with Crippen molar-refractivity contribution in [3.8, 4) is 29.0 Å². The van der Waals surface area contributed by atoms with Crippen LogP contribution in [0.1, 0.15) is 11.1 Å². The van der Waals surface area contributed by atoms with Crippen LogP contribution in [0, 0.1) is 22.7 Å². The predicted octanol–water partition coefficient (Wildman–Crippen LogP) is 2.13. The first-order chi connectivity index (χ1) is 8.22. The van der Waals surface area contributed by atoms with Gasteiger partial charge in [0.2, 0.25) is 0 Å². The quantitative estimate of drug-likeness (QED) is 0.802. The van der Waals surface area contributed by atoms with Crippen molar-refractivity contribution in [1.82, 2.24) is 0 Å². The first kappa shape index (κ1) is 10.8. The molecule has 0 atom stereocenters. The number of methoxy groups -OCH3 is 1. The van der Waals surface area contributed by atoms with Gasteiger partial charge in [0.05, 0.1) is 23.9 Å². The third-order valence-electron chi connectivity index (χ3n) is 2.66. The second-order valence-corrected chi connectivity index (χ2v) is 3.49. The Kier molecular flexibility index (Phi) is 2.56. The van der Waals surface area contributed by atoms with Gasteiger partial charge in [0.1, 0.15) is 17.9 Å². The SMILES string of the molecule is COc1ccc2c(C#N)c(N)c(C#N)c-2cc1. The number of nitrogens with zero attached hydrogens (tertiary/aromatic N) is 2. The number of anilines is 1. The van der Waals surface area contributed by atoms with Crippen LogP contribution in [0.5, 0.6) is 5.75 Å². The Morgan fingerprint density at radius 2 is 1.47 bits per heavy atom. The number of nitrogens with two attached hydrogens (primary N) is 1. The summed E-state index contributed by atoms with van der Waals surface area (Å²) in [6, 6.07) is 11.0. The van der Waals surface area contributed by atoms with Crippen LogP contribution in [0.4, 0.5) is 5.69 Å². The molecule has 2 rings (SSSR count). The zero-order chi connectivity index (χ0) is 12.4. The van der Waals surface area contributed by atoms with Gasteiger partial charge in [0, 0.05) is 11.1 Å². The Morgan fingerprint density at radius 1 is 1.00 bits per heavy atom. The molecule has 0 radical (unpaired) electrons. The molecular weight excluding hydrogens is 214 g/mol. The minimum absolute atomic E-state index is 0.246. The van der Waals surface area contributed by atoms with E-state index in [9.17, 15) is 0 Å². The molecule has 2 aliphatic rings. The molecule has 2 aliphatic carbocycles. The highest BCUT2D eigenvalue weighted by Crippen LogP contribution is 2.38. The fraction of sp³-hybridized carbons (Fsp3) is 0.0769. The highest BCUT2D eigenvalue weighted by Gasteiger charge is 2.20. The highest BCUT2D eigenvalue weighted by molar-refractivity contribution is 5.90. The van der Waals surface area contributed by atoms with Crippen LogP contribution < -0.4 is 10.5 Å². The van der Waals surface area contributed by atoms with Gasteiger partial charge in [-0.3, -0.25) is 0 Å². The zero-order valence-electron chi connectivity index (χ0n) is 9.19. The molecule has 0 aromatic heterocycles. The Morgan fingerprint density at radius 3 is 1.82 bits per heavy atom. The molecule has 0 aromatic carbocycles. The smallest absolute Gasteiger partial charge is 0.118 e. The average Bonchev–Trinajstić information content (AvgIpc) is 2.49. The zero-order valence-corrected chi connectivity index (χ0v) is 9.19. The maximum absolute atomic E-state index is 9.06.